The fraction of sp³-hybridized carbons (Fsp3) is 0.354. The number of likely N-dealkylation sites (tertiary alicyclic amines) is 3. The zero-order valence-corrected chi connectivity index (χ0v) is 72.7. The Bertz CT molecular complexity index is 6050. The summed E-state index contributed by atoms with van der Waals surface area (Å²) in [5, 5.41) is 19.2. The minimum atomic E-state index is -3.28. The van der Waals surface area contributed by atoms with E-state index in [-0.39, 0.29) is 63.9 Å². The summed E-state index contributed by atoms with van der Waals surface area (Å²) in [6, 6.07) is 45.7. The van der Waals surface area contributed by atoms with E-state index in [1.165, 1.54) is 47.3 Å². The number of aromatic amines is 2. The third-order valence-corrected chi connectivity index (χ3v) is 25.8. The van der Waals surface area contributed by atoms with Crippen LogP contribution in [0.25, 0.3) is 67.0 Å². The number of hydrogen-bond acceptors (Lipinski definition) is 16. The van der Waals surface area contributed by atoms with Crippen LogP contribution >= 0.6 is 0 Å². The van der Waals surface area contributed by atoms with E-state index in [4.69, 9.17) is 29.3 Å². The molecule has 26 nitrogen and oxygen atoms in total. The number of carbonyl (C=O) groups excluding carboxylic acids is 7. The number of halogens is 4. The Labute approximate surface area is 743 Å². The van der Waals surface area contributed by atoms with Gasteiger partial charge in [-0.05, 0) is 178 Å². The van der Waals surface area contributed by atoms with Crippen LogP contribution < -0.4 is 21.3 Å². The highest BCUT2D eigenvalue weighted by Crippen LogP contribution is 2.55. The third-order valence-electron chi connectivity index (χ3n) is 25.8. The summed E-state index contributed by atoms with van der Waals surface area (Å²) in [6.07, 6.45) is 10.9. The molecule has 1 saturated carbocycles. The molecule has 5 aliphatic heterocycles. The van der Waals surface area contributed by atoms with E-state index < -0.39 is 72.4 Å². The van der Waals surface area contributed by atoms with Gasteiger partial charge in [0, 0.05) is 83.2 Å². The molecular formula is C99H101F4N13O13. The van der Waals surface area contributed by atoms with E-state index in [0.717, 1.165) is 102 Å². The molecule has 2 aromatic heterocycles. The van der Waals surface area contributed by atoms with Gasteiger partial charge in [-0.15, -0.1) is 0 Å². The minimum Gasteiger partial charge on any atom is -0.479 e. The molecule has 18 rings (SSSR count). The second kappa shape index (κ2) is 37.3. The lowest BCUT2D eigenvalue weighted by Gasteiger charge is -2.30. The van der Waals surface area contributed by atoms with Gasteiger partial charge in [0.05, 0.1) is 81.7 Å². The minimum absolute atomic E-state index is 0.0104. The Morgan fingerprint density at radius 1 is 0.411 bits per heavy atom. The fourth-order valence-corrected chi connectivity index (χ4v) is 19.1. The van der Waals surface area contributed by atoms with Crippen molar-refractivity contribution in [1.29, 1.82) is 0 Å². The highest BCUT2D eigenvalue weighted by atomic mass is 19.3. The molecular weight excluding hydrogens is 1660 g/mol. The number of imidazole rings is 2. The normalized spacial score (nSPS) is 18.4. The van der Waals surface area contributed by atoms with Gasteiger partial charge in [0.25, 0.3) is 17.8 Å². The molecule has 7 heterocycles. The number of ether oxygens (including phenoxy) is 4. The van der Waals surface area contributed by atoms with Crippen LogP contribution in [0, 0.1) is 11.8 Å². The molecule has 0 radical (unpaired) electrons. The topological polar surface area (TPSA) is 334 Å². The number of nitrogens with zero attached hydrogens (tertiary/aromatic N) is 7. The maximum absolute atomic E-state index is 16.6. The van der Waals surface area contributed by atoms with E-state index in [1.54, 1.807) is 114 Å². The first kappa shape index (κ1) is 88.6. The van der Waals surface area contributed by atoms with E-state index >= 15 is 17.6 Å². The van der Waals surface area contributed by atoms with Crippen molar-refractivity contribution in [2.24, 2.45) is 21.8 Å². The molecule has 3 saturated heterocycles. The zero-order valence-electron chi connectivity index (χ0n) is 72.7. The zero-order chi connectivity index (χ0) is 90.9. The Morgan fingerprint density at radius 3 is 1.17 bits per heavy atom. The van der Waals surface area contributed by atoms with Gasteiger partial charge in [0.15, 0.2) is 6.04 Å². The summed E-state index contributed by atoms with van der Waals surface area (Å²) >= 11 is 0. The number of benzene rings is 8. The molecule has 129 heavy (non-hydrogen) atoms. The van der Waals surface area contributed by atoms with Crippen molar-refractivity contribution in [2.75, 3.05) is 48.1 Å². The monoisotopic (exact) mass is 1760 g/mol. The highest BCUT2D eigenvalue weighted by Gasteiger charge is 2.48. The van der Waals surface area contributed by atoms with Crippen LogP contribution in [0.15, 0.2) is 192 Å². The van der Waals surface area contributed by atoms with Crippen LogP contribution in [-0.2, 0) is 62.8 Å². The van der Waals surface area contributed by atoms with Gasteiger partial charge in [-0.2, -0.15) is 17.6 Å². The maximum Gasteiger partial charge on any atom is 0.407 e. The van der Waals surface area contributed by atoms with Gasteiger partial charge < -0.3 is 70.0 Å². The molecule has 3 aliphatic carbocycles. The van der Waals surface area contributed by atoms with Gasteiger partial charge in [0.1, 0.15) is 29.8 Å². The van der Waals surface area contributed by atoms with Gasteiger partial charge >= 0.3 is 30.3 Å². The number of amides is 7. The summed E-state index contributed by atoms with van der Waals surface area (Å²) in [4.78, 5) is 131. The number of H-pyrrole nitrogens is 2. The predicted octanol–water partition coefficient (Wildman–Crippen LogP) is 18.3. The molecule has 1 unspecified atom stereocenters. The number of hydrogen-bond donors (Lipinski definition) is 7. The first-order valence-electron chi connectivity index (χ1n) is 43.6. The molecule has 8 aromatic carbocycles. The number of alkyl halides is 4. The van der Waals surface area contributed by atoms with Crippen molar-refractivity contribution in [2.45, 2.75) is 165 Å². The largest absolute Gasteiger partial charge is 0.479 e. The van der Waals surface area contributed by atoms with Crippen LogP contribution in [0.5, 0.6) is 0 Å². The molecule has 7 amide bonds. The second-order valence-corrected chi connectivity index (χ2v) is 34.4. The molecule has 30 heteroatoms. The lowest BCUT2D eigenvalue weighted by molar-refractivity contribution is -0.139. The lowest BCUT2D eigenvalue weighted by Crippen LogP contribution is -2.53. The van der Waals surface area contributed by atoms with Crippen molar-refractivity contribution in [3.05, 3.63) is 238 Å². The second-order valence-electron chi connectivity index (χ2n) is 34.4. The smallest absolute Gasteiger partial charge is 0.407 e. The number of aliphatic carboxylic acids is 1. The molecule has 0 bridgehead atoms. The average molecular weight is 1760 g/mol. The molecule has 7 atom stereocenters. The number of alkyl carbamates (subject to hydrolysis) is 4. The summed E-state index contributed by atoms with van der Waals surface area (Å²) in [6.45, 7) is 9.15. The first-order valence-corrected chi connectivity index (χ1v) is 43.6. The van der Waals surface area contributed by atoms with Crippen LogP contribution in [0.4, 0.5) is 48.1 Å². The van der Waals surface area contributed by atoms with Crippen LogP contribution in [0.1, 0.15) is 172 Å². The number of aliphatic imine (C=N–C) groups is 2. The number of methoxy groups -OCH3 is 4. The molecule has 10 aromatic rings. The number of carboxylic acids is 1. The number of carbonyl (C=O) groups is 8. The van der Waals surface area contributed by atoms with E-state index in [9.17, 15) is 38.4 Å². The predicted molar refractivity (Wildman–Crippen MR) is 477 cm³/mol. The quantitative estimate of drug-likeness (QED) is 0.0275. The Morgan fingerprint density at radius 2 is 0.760 bits per heavy atom. The number of carboxylic acid groups (broad SMARTS) is 1. The van der Waals surface area contributed by atoms with E-state index in [2.05, 4.69) is 45.9 Å². The molecule has 0 spiro atoms. The highest BCUT2D eigenvalue weighted by molar-refractivity contribution is 6.03. The maximum atomic E-state index is 16.6. The van der Waals surface area contributed by atoms with Gasteiger partial charge in [-0.25, -0.2) is 33.9 Å². The first-order chi connectivity index (χ1) is 62.1. The Kier molecular flexibility index (Phi) is 25.6. The van der Waals surface area contributed by atoms with Gasteiger partial charge in [0.2, 0.25) is 11.8 Å². The SMILES string of the molecule is COC(=O)NC(C(=O)N1CCC[C@H]1C1=Nc2ccc(-c3ccc4c(c3)C(F)(F)c3cc(-c5cnc(C6CCCC6)[nH]5)ccc3-4)cc2C1)C(C)C.COC(=O)N[C@@H](C(=O)O)c1ccccc1.COC(=O)N[C@H](C(=O)N1CCC[C@H]1C1=Nc2ccc(-c3ccc4c(c3)C(F)(F)c3cc(-c5cnc([C@@H]6CCCN6C(=O)[C@H](NC(=O)OC)c6ccccc6)[nH]5)ccc3-4)cc2C1)C(C)C. The van der Waals surface area contributed by atoms with Crippen LogP contribution in [-0.4, -0.2) is 171 Å². The van der Waals surface area contributed by atoms with Crippen molar-refractivity contribution in [1.82, 2.24) is 55.9 Å². The van der Waals surface area contributed by atoms with Crippen molar-refractivity contribution < 1.29 is 80.0 Å². The van der Waals surface area contributed by atoms with Crippen molar-refractivity contribution in [3.63, 3.8) is 0 Å². The van der Waals surface area contributed by atoms with Crippen molar-refractivity contribution in [3.8, 4) is 67.0 Å². The summed E-state index contributed by atoms with van der Waals surface area (Å²) in [7, 11) is 4.98. The lowest BCUT2D eigenvalue weighted by atomic mass is 9.95. The van der Waals surface area contributed by atoms with Crippen LogP contribution in [0.3, 0.4) is 0 Å². The summed E-state index contributed by atoms with van der Waals surface area (Å²) in [5.74, 6) is -6.55. The average Bonchev–Trinajstić information content (AvgIpc) is 1.57. The van der Waals surface area contributed by atoms with Crippen LogP contribution in [0.2, 0.25) is 0 Å². The third kappa shape index (κ3) is 17.9. The standard InChI is InChI=1S/C49H49F2N7O6.C40H41F2N5O3.C10H11NO4/c1-27(2)42(55-47(61)63-3)45(59)57-20-8-12-40(57)38-25-32-22-29(16-19-37(32)53-38)30-14-17-33-34-18-15-31(24-36(34)49(50,51)35(33)23-30)39-26-52-44(54-39)41-13-9-21-58(41)46(60)43(56-48(62)64-4)28-10-6-5-7-11-28;1-22(2)36(46-39(49)50-3)38(48)47-16-6-9-35(47)33-20-27-17-24(12-15-32(27)44-33)25-10-13-28-29-14-11-26(19-31(29)40(41,42)30(28)18-25)34-21-43-37(45-34)23-7-4-5-8-23;1-15-10(14)11-8(9(12)13)7-5-3-2-4-6-7/h5-7,10-11,14-19,22-24,26-27,40-43H,8-9,12-13,20-21,25H2,1-4H3,(H,52,54)(H,55,61)(H,56,62);10-15,17-19,21-23,35-36H,4-9,16,20H2,1-3H3,(H,43,45)(H,46,49);2-6,8H,1H3,(H,11,14)(H,12,13)/t40-,41-,42-,43+;35-,36?;8-/m001/s1. The fourth-order valence-electron chi connectivity index (χ4n) is 19.1. The van der Waals surface area contributed by atoms with E-state index in [1.807, 2.05) is 104 Å². The number of rotatable bonds is 20. The molecule has 7 N–H and O–H groups in total. The molecule has 4 fully saturated rings. The number of nitrogens with one attached hydrogen (secondary N) is 6. The van der Waals surface area contributed by atoms with Gasteiger partial charge in [-0.3, -0.25) is 24.4 Å². The van der Waals surface area contributed by atoms with E-state index in [0.29, 0.717) is 112 Å². The molecule has 668 valence electrons. The summed E-state index contributed by atoms with van der Waals surface area (Å²) in [5.41, 5.74) is 13.9. The number of aromatic nitrogens is 4. The summed E-state index contributed by atoms with van der Waals surface area (Å²) < 4.78 is 84.3. The molecule has 8 aliphatic rings. The number of fused-ring (bicyclic) bond motifs is 8. The Balaban J connectivity index is 0.000000166. The Hall–Kier alpha value is -13.8. The van der Waals surface area contributed by atoms with Gasteiger partial charge in [-0.1, -0.05) is 162 Å². The van der Waals surface area contributed by atoms with Crippen molar-refractivity contribution >= 4 is 70.9 Å².